The highest BCUT2D eigenvalue weighted by atomic mass is 19.1. The molecule has 3 rings (SSSR count). The summed E-state index contributed by atoms with van der Waals surface area (Å²) in [5.41, 5.74) is 2.01. The van der Waals surface area contributed by atoms with Crippen LogP contribution in [0.5, 0.6) is 0 Å². The minimum absolute atomic E-state index is 0.0661. The van der Waals surface area contributed by atoms with Crippen LogP contribution in [-0.4, -0.2) is 68.2 Å². The predicted molar refractivity (Wildman–Crippen MR) is 119 cm³/mol. The third-order valence-corrected chi connectivity index (χ3v) is 5.47. The smallest absolute Gasteiger partial charge is 0.257 e. The maximum Gasteiger partial charge on any atom is 0.257 e. The molecule has 0 aliphatic heterocycles. The Kier molecular flexibility index (Phi) is 7.46. The van der Waals surface area contributed by atoms with Crippen LogP contribution in [0.15, 0.2) is 42.7 Å². The van der Waals surface area contributed by atoms with Gasteiger partial charge in [0, 0.05) is 31.4 Å². The van der Waals surface area contributed by atoms with Crippen LogP contribution >= 0.6 is 0 Å². The van der Waals surface area contributed by atoms with Crippen molar-refractivity contribution in [3.63, 3.8) is 0 Å². The first kappa shape index (κ1) is 22.6. The summed E-state index contributed by atoms with van der Waals surface area (Å²) in [6.07, 6.45) is 3.12. The summed E-state index contributed by atoms with van der Waals surface area (Å²) >= 11 is 0. The van der Waals surface area contributed by atoms with Crippen molar-refractivity contribution in [3.8, 4) is 17.2 Å². The van der Waals surface area contributed by atoms with Crippen molar-refractivity contribution in [2.75, 3.05) is 32.7 Å². The Balaban J connectivity index is 1.85. The number of hydrogen-bond donors (Lipinski definition) is 0. The van der Waals surface area contributed by atoms with Gasteiger partial charge < -0.3 is 9.80 Å². The topological polar surface area (TPSA) is 67.2 Å². The normalized spacial score (nSPS) is 11.2. The highest BCUT2D eigenvalue weighted by molar-refractivity contribution is 5.95. The van der Waals surface area contributed by atoms with Crippen LogP contribution in [0.2, 0.25) is 0 Å². The van der Waals surface area contributed by atoms with Crippen molar-refractivity contribution in [3.05, 3.63) is 59.8 Å². The van der Waals surface area contributed by atoms with Crippen molar-refractivity contribution in [1.82, 2.24) is 29.5 Å². The quantitative estimate of drug-likeness (QED) is 0.525. The largest absolute Gasteiger partial charge is 0.338 e. The Morgan fingerprint density at radius 1 is 1.06 bits per heavy atom. The van der Waals surface area contributed by atoms with Crippen molar-refractivity contribution in [2.24, 2.45) is 0 Å². The molecule has 164 valence electrons. The molecule has 3 aromatic rings. The van der Waals surface area contributed by atoms with Crippen LogP contribution in [0, 0.1) is 12.7 Å². The summed E-state index contributed by atoms with van der Waals surface area (Å²) in [6.45, 7) is 12.0. The van der Waals surface area contributed by atoms with E-state index in [0.717, 1.165) is 19.6 Å². The van der Waals surface area contributed by atoms with Crippen LogP contribution in [0.25, 0.3) is 17.2 Å². The maximum atomic E-state index is 14.2. The number of hydrogen-bond acceptors (Lipinski definition) is 5. The SMILES string of the molecule is CCN(CC)CCN(CC)C(=O)c1cnn(-c2nccc(-c3ccccc3F)n2)c1C. The van der Waals surface area contributed by atoms with E-state index in [1.165, 1.54) is 10.7 Å². The van der Waals surface area contributed by atoms with Gasteiger partial charge in [-0.05, 0) is 45.1 Å². The van der Waals surface area contributed by atoms with Gasteiger partial charge in [0.05, 0.1) is 23.1 Å². The Bertz CT molecular complexity index is 1030. The molecule has 0 unspecified atom stereocenters. The molecule has 2 aromatic heterocycles. The third-order valence-electron chi connectivity index (χ3n) is 5.47. The van der Waals surface area contributed by atoms with E-state index in [1.54, 1.807) is 36.7 Å². The molecule has 0 spiro atoms. The zero-order valence-electron chi connectivity index (χ0n) is 18.5. The standard InChI is InChI=1S/C23H29FN6O/c1-5-28(6-2)14-15-29(7-3)22(31)19-16-26-30(17(19)4)23-25-13-12-21(27-23)18-10-8-9-11-20(18)24/h8-13,16H,5-7,14-15H2,1-4H3. The Hall–Kier alpha value is -3.13. The lowest BCUT2D eigenvalue weighted by molar-refractivity contribution is 0.0746. The van der Waals surface area contributed by atoms with Gasteiger partial charge in [-0.1, -0.05) is 26.0 Å². The number of likely N-dealkylation sites (N-methyl/N-ethyl adjacent to an activating group) is 2. The van der Waals surface area contributed by atoms with Gasteiger partial charge in [-0.3, -0.25) is 4.79 Å². The monoisotopic (exact) mass is 424 g/mol. The van der Waals surface area contributed by atoms with Gasteiger partial charge in [0.1, 0.15) is 5.82 Å². The fraction of sp³-hybridized carbons (Fsp3) is 0.391. The molecule has 0 fully saturated rings. The molecular formula is C23H29FN6O. The Labute approximate surface area is 182 Å². The Morgan fingerprint density at radius 2 is 1.81 bits per heavy atom. The molecule has 0 bridgehead atoms. The first-order valence-electron chi connectivity index (χ1n) is 10.6. The summed E-state index contributed by atoms with van der Waals surface area (Å²) in [5, 5.41) is 4.35. The minimum atomic E-state index is -0.355. The number of amides is 1. The second-order valence-corrected chi connectivity index (χ2v) is 7.19. The molecule has 7 nitrogen and oxygen atoms in total. The molecule has 1 amide bonds. The molecule has 2 heterocycles. The maximum absolute atomic E-state index is 14.2. The van der Waals surface area contributed by atoms with Crippen molar-refractivity contribution >= 4 is 5.91 Å². The van der Waals surface area contributed by atoms with E-state index in [9.17, 15) is 9.18 Å². The molecule has 8 heteroatoms. The molecule has 0 aliphatic rings. The number of carbonyl (C=O) groups is 1. The molecule has 1 aromatic carbocycles. The van der Waals surface area contributed by atoms with Gasteiger partial charge >= 0.3 is 0 Å². The highest BCUT2D eigenvalue weighted by Gasteiger charge is 2.21. The summed E-state index contributed by atoms with van der Waals surface area (Å²) in [7, 11) is 0. The minimum Gasteiger partial charge on any atom is -0.338 e. The molecule has 0 atom stereocenters. The Morgan fingerprint density at radius 3 is 2.48 bits per heavy atom. The molecule has 0 saturated heterocycles. The predicted octanol–water partition coefficient (Wildman–Crippen LogP) is 3.58. The zero-order chi connectivity index (χ0) is 22.4. The van der Waals surface area contributed by atoms with Gasteiger partial charge in [0.25, 0.3) is 11.9 Å². The lowest BCUT2D eigenvalue weighted by Crippen LogP contribution is -2.38. The lowest BCUT2D eigenvalue weighted by Gasteiger charge is -2.25. The third kappa shape index (κ3) is 4.96. The fourth-order valence-electron chi connectivity index (χ4n) is 3.47. The highest BCUT2D eigenvalue weighted by Crippen LogP contribution is 2.21. The van der Waals surface area contributed by atoms with Crippen LogP contribution in [-0.2, 0) is 0 Å². The van der Waals surface area contributed by atoms with Gasteiger partial charge in [-0.2, -0.15) is 5.10 Å². The van der Waals surface area contributed by atoms with Gasteiger partial charge in [-0.25, -0.2) is 19.0 Å². The number of aromatic nitrogens is 4. The second kappa shape index (κ2) is 10.3. The first-order valence-corrected chi connectivity index (χ1v) is 10.6. The van der Waals surface area contributed by atoms with E-state index in [4.69, 9.17) is 0 Å². The average molecular weight is 425 g/mol. The number of halogens is 1. The van der Waals surface area contributed by atoms with E-state index in [2.05, 4.69) is 33.8 Å². The second-order valence-electron chi connectivity index (χ2n) is 7.19. The summed E-state index contributed by atoms with van der Waals surface area (Å²) in [4.78, 5) is 26.0. The van der Waals surface area contributed by atoms with Gasteiger partial charge in [-0.15, -0.1) is 0 Å². The van der Waals surface area contributed by atoms with Gasteiger partial charge in [0.2, 0.25) is 0 Å². The zero-order valence-corrected chi connectivity index (χ0v) is 18.5. The van der Waals surface area contributed by atoms with Crippen LogP contribution in [0.4, 0.5) is 4.39 Å². The van der Waals surface area contributed by atoms with Crippen molar-refractivity contribution < 1.29 is 9.18 Å². The average Bonchev–Trinajstić information content (AvgIpc) is 3.18. The fourth-order valence-corrected chi connectivity index (χ4v) is 3.47. The van der Waals surface area contributed by atoms with Crippen molar-refractivity contribution in [2.45, 2.75) is 27.7 Å². The van der Waals surface area contributed by atoms with Crippen molar-refractivity contribution in [1.29, 1.82) is 0 Å². The van der Waals surface area contributed by atoms with Crippen LogP contribution < -0.4 is 0 Å². The summed E-state index contributed by atoms with van der Waals surface area (Å²) in [5.74, 6) is -0.126. The van der Waals surface area contributed by atoms with Crippen LogP contribution in [0.1, 0.15) is 36.8 Å². The molecule has 31 heavy (non-hydrogen) atoms. The summed E-state index contributed by atoms with van der Waals surface area (Å²) in [6, 6.07) is 8.11. The molecule has 0 radical (unpaired) electrons. The van der Waals surface area contributed by atoms with E-state index >= 15 is 0 Å². The van der Waals surface area contributed by atoms with E-state index in [0.29, 0.717) is 41.6 Å². The number of rotatable bonds is 9. The van der Waals surface area contributed by atoms with Crippen LogP contribution in [0.3, 0.4) is 0 Å². The lowest BCUT2D eigenvalue weighted by atomic mass is 10.1. The number of benzene rings is 1. The molecule has 0 saturated carbocycles. The van der Waals surface area contributed by atoms with E-state index < -0.39 is 0 Å². The first-order chi connectivity index (χ1) is 15.0. The number of nitrogens with zero attached hydrogens (tertiary/aromatic N) is 6. The van der Waals surface area contributed by atoms with E-state index in [1.807, 2.05) is 18.7 Å². The molecule has 0 N–H and O–H groups in total. The number of carbonyl (C=O) groups excluding carboxylic acids is 1. The molecule has 0 aliphatic carbocycles. The van der Waals surface area contributed by atoms with Gasteiger partial charge in [0.15, 0.2) is 0 Å². The van der Waals surface area contributed by atoms with E-state index in [-0.39, 0.29) is 11.7 Å². The molecular weight excluding hydrogens is 395 g/mol. The summed E-state index contributed by atoms with van der Waals surface area (Å²) < 4.78 is 15.7.